The van der Waals surface area contributed by atoms with Crippen molar-refractivity contribution in [1.29, 1.82) is 0 Å². The fourth-order valence-corrected chi connectivity index (χ4v) is 5.24. The minimum atomic E-state index is -0.291. The van der Waals surface area contributed by atoms with E-state index in [4.69, 9.17) is 4.74 Å². The number of thioether (sulfide) groups is 2. The molecule has 2 aromatic carbocycles. The van der Waals surface area contributed by atoms with Crippen LogP contribution in [0.15, 0.2) is 60.0 Å². The largest absolute Gasteiger partial charge is 0.497 e. The summed E-state index contributed by atoms with van der Waals surface area (Å²) >= 11 is 2.89. The van der Waals surface area contributed by atoms with Gasteiger partial charge in [-0.1, -0.05) is 36.0 Å². The summed E-state index contributed by atoms with van der Waals surface area (Å²) in [7, 11) is 1.61. The van der Waals surface area contributed by atoms with E-state index in [0.29, 0.717) is 17.3 Å². The van der Waals surface area contributed by atoms with Crippen molar-refractivity contribution in [1.82, 2.24) is 19.7 Å². The first kappa shape index (κ1) is 19.8. The number of amides is 1. The molecule has 1 aliphatic heterocycles. The molecule has 0 N–H and O–H groups in total. The lowest BCUT2D eigenvalue weighted by atomic mass is 10.2. The zero-order chi connectivity index (χ0) is 20.2. The Labute approximate surface area is 176 Å². The summed E-state index contributed by atoms with van der Waals surface area (Å²) in [4.78, 5) is 14.6. The van der Waals surface area contributed by atoms with Crippen LogP contribution in [0.1, 0.15) is 10.9 Å². The summed E-state index contributed by atoms with van der Waals surface area (Å²) in [5.41, 5.74) is 1.40. The molecule has 1 aliphatic rings. The maximum atomic E-state index is 14.2. The Balaban J connectivity index is 1.47. The SMILES string of the molecule is COc1cccc(-n2cnnc2SCC(=O)N2CCSC2c2ccccc2F)c1. The monoisotopic (exact) mass is 430 g/mol. The number of carbonyl (C=O) groups excluding carboxylic acids is 1. The van der Waals surface area contributed by atoms with Gasteiger partial charge in [0.15, 0.2) is 5.16 Å². The van der Waals surface area contributed by atoms with Crippen molar-refractivity contribution < 1.29 is 13.9 Å². The molecule has 2 heterocycles. The van der Waals surface area contributed by atoms with Crippen molar-refractivity contribution in [3.05, 3.63) is 66.2 Å². The normalized spacial score (nSPS) is 16.2. The van der Waals surface area contributed by atoms with Crippen LogP contribution in [-0.4, -0.2) is 50.7 Å². The van der Waals surface area contributed by atoms with Gasteiger partial charge in [-0.2, -0.15) is 0 Å². The van der Waals surface area contributed by atoms with Gasteiger partial charge in [0, 0.05) is 23.9 Å². The average molecular weight is 431 g/mol. The highest BCUT2D eigenvalue weighted by molar-refractivity contribution is 8.00. The molecule has 0 aliphatic carbocycles. The second-order valence-electron chi connectivity index (χ2n) is 6.31. The molecule has 0 saturated carbocycles. The molecular weight excluding hydrogens is 411 g/mol. The molecule has 3 aromatic rings. The standard InChI is InChI=1S/C20H19FN4O2S2/c1-27-15-6-4-5-14(11-15)25-13-22-23-20(25)29-12-18(26)24-9-10-28-19(24)16-7-2-3-8-17(16)21/h2-8,11,13,19H,9-10,12H2,1H3. The Morgan fingerprint density at radius 2 is 2.17 bits per heavy atom. The van der Waals surface area contributed by atoms with Gasteiger partial charge in [-0.3, -0.25) is 9.36 Å². The van der Waals surface area contributed by atoms with Crippen LogP contribution in [0.2, 0.25) is 0 Å². The van der Waals surface area contributed by atoms with Crippen LogP contribution < -0.4 is 4.74 Å². The molecule has 1 aromatic heterocycles. The summed E-state index contributed by atoms with van der Waals surface area (Å²) in [6.45, 7) is 0.603. The molecule has 150 valence electrons. The average Bonchev–Trinajstić information content (AvgIpc) is 3.42. The van der Waals surface area contributed by atoms with Gasteiger partial charge in [-0.15, -0.1) is 22.0 Å². The van der Waals surface area contributed by atoms with Gasteiger partial charge < -0.3 is 9.64 Å². The fourth-order valence-electron chi connectivity index (χ4n) is 3.13. The van der Waals surface area contributed by atoms with Gasteiger partial charge in [0.25, 0.3) is 0 Å². The second-order valence-corrected chi connectivity index (χ2v) is 8.44. The molecule has 1 atom stereocenters. The zero-order valence-corrected chi connectivity index (χ0v) is 17.3. The number of halogens is 1. The molecular formula is C20H19FN4O2S2. The van der Waals surface area contributed by atoms with Crippen LogP contribution in [0.5, 0.6) is 5.75 Å². The maximum Gasteiger partial charge on any atom is 0.234 e. The van der Waals surface area contributed by atoms with Gasteiger partial charge in [0.1, 0.15) is 23.3 Å². The van der Waals surface area contributed by atoms with Crippen molar-refractivity contribution in [2.75, 3.05) is 25.2 Å². The lowest BCUT2D eigenvalue weighted by molar-refractivity contribution is -0.128. The molecule has 29 heavy (non-hydrogen) atoms. The molecule has 0 bridgehead atoms. The number of carbonyl (C=O) groups is 1. The Kier molecular flexibility index (Phi) is 6.05. The summed E-state index contributed by atoms with van der Waals surface area (Å²) < 4.78 is 21.3. The molecule has 1 fully saturated rings. The van der Waals surface area contributed by atoms with Crippen LogP contribution in [0, 0.1) is 5.82 Å². The number of nitrogens with zero attached hydrogens (tertiary/aromatic N) is 4. The predicted molar refractivity (Wildman–Crippen MR) is 112 cm³/mol. The maximum absolute atomic E-state index is 14.2. The van der Waals surface area contributed by atoms with Crippen LogP contribution in [0.3, 0.4) is 0 Å². The number of rotatable bonds is 6. The van der Waals surface area contributed by atoms with Crippen LogP contribution in [0.4, 0.5) is 4.39 Å². The van der Waals surface area contributed by atoms with Gasteiger partial charge in [-0.25, -0.2) is 4.39 Å². The van der Waals surface area contributed by atoms with Crippen molar-refractivity contribution in [2.45, 2.75) is 10.5 Å². The molecule has 1 amide bonds. The number of hydrogen-bond acceptors (Lipinski definition) is 6. The van der Waals surface area contributed by atoms with E-state index in [9.17, 15) is 9.18 Å². The minimum Gasteiger partial charge on any atom is -0.497 e. The van der Waals surface area contributed by atoms with Gasteiger partial charge in [-0.05, 0) is 18.2 Å². The summed E-state index contributed by atoms with van der Waals surface area (Å²) in [6, 6.07) is 14.2. The molecule has 0 spiro atoms. The molecule has 6 nitrogen and oxygen atoms in total. The third-order valence-electron chi connectivity index (χ3n) is 4.56. The Morgan fingerprint density at radius 1 is 1.31 bits per heavy atom. The first-order valence-corrected chi connectivity index (χ1v) is 11.0. The van der Waals surface area contributed by atoms with E-state index < -0.39 is 0 Å². The number of methoxy groups -OCH3 is 1. The van der Waals surface area contributed by atoms with E-state index >= 15 is 0 Å². The highest BCUT2D eigenvalue weighted by Crippen LogP contribution is 2.39. The van der Waals surface area contributed by atoms with E-state index in [1.54, 1.807) is 48.3 Å². The quantitative estimate of drug-likeness (QED) is 0.555. The van der Waals surface area contributed by atoms with E-state index in [1.165, 1.54) is 17.8 Å². The van der Waals surface area contributed by atoms with Crippen molar-refractivity contribution in [3.8, 4) is 11.4 Å². The second kappa shape index (κ2) is 8.87. The Morgan fingerprint density at radius 3 is 3.00 bits per heavy atom. The molecule has 1 saturated heterocycles. The number of hydrogen-bond donors (Lipinski definition) is 0. The highest BCUT2D eigenvalue weighted by Gasteiger charge is 2.32. The number of aromatic nitrogens is 3. The van der Waals surface area contributed by atoms with Gasteiger partial charge in [0.2, 0.25) is 5.91 Å². The summed E-state index contributed by atoms with van der Waals surface area (Å²) in [5, 5.41) is 8.43. The summed E-state index contributed by atoms with van der Waals surface area (Å²) in [6.07, 6.45) is 1.61. The zero-order valence-electron chi connectivity index (χ0n) is 15.7. The van der Waals surface area contributed by atoms with Gasteiger partial charge in [0.05, 0.1) is 18.6 Å². The third-order valence-corrected chi connectivity index (χ3v) is 6.73. The van der Waals surface area contributed by atoms with Crippen molar-refractivity contribution in [3.63, 3.8) is 0 Å². The molecule has 1 unspecified atom stereocenters. The van der Waals surface area contributed by atoms with E-state index in [-0.39, 0.29) is 22.9 Å². The topological polar surface area (TPSA) is 60.2 Å². The third kappa shape index (κ3) is 4.25. The summed E-state index contributed by atoms with van der Waals surface area (Å²) in [5.74, 6) is 1.39. The van der Waals surface area contributed by atoms with Crippen molar-refractivity contribution >= 4 is 29.4 Å². The van der Waals surface area contributed by atoms with E-state index in [0.717, 1.165) is 17.2 Å². The lowest BCUT2D eigenvalue weighted by Crippen LogP contribution is -2.32. The fraction of sp³-hybridized carbons (Fsp3) is 0.250. The smallest absolute Gasteiger partial charge is 0.234 e. The first-order chi connectivity index (χ1) is 14.2. The molecule has 4 rings (SSSR count). The van der Waals surface area contributed by atoms with E-state index in [1.807, 2.05) is 28.8 Å². The Hall–Kier alpha value is -2.52. The van der Waals surface area contributed by atoms with Crippen LogP contribution in [-0.2, 0) is 4.79 Å². The molecule has 0 radical (unpaired) electrons. The van der Waals surface area contributed by atoms with Crippen LogP contribution in [0.25, 0.3) is 5.69 Å². The lowest BCUT2D eigenvalue weighted by Gasteiger charge is -2.24. The number of benzene rings is 2. The van der Waals surface area contributed by atoms with Gasteiger partial charge >= 0.3 is 0 Å². The van der Waals surface area contributed by atoms with Crippen LogP contribution >= 0.6 is 23.5 Å². The van der Waals surface area contributed by atoms with E-state index in [2.05, 4.69) is 10.2 Å². The van der Waals surface area contributed by atoms with Crippen molar-refractivity contribution in [2.24, 2.45) is 0 Å². The minimum absolute atomic E-state index is 0.0477. The predicted octanol–water partition coefficient (Wildman–Crippen LogP) is 3.78. The highest BCUT2D eigenvalue weighted by atomic mass is 32.2. The first-order valence-electron chi connectivity index (χ1n) is 9.00. The number of ether oxygens (including phenoxy) is 1. The molecule has 9 heteroatoms. The Bertz CT molecular complexity index is 1010.